The Labute approximate surface area is 191 Å². The number of methoxy groups -OCH3 is 1. The highest BCUT2D eigenvalue weighted by Gasteiger charge is 2.19. The lowest BCUT2D eigenvalue weighted by molar-refractivity contribution is 0.311. The molecule has 0 spiro atoms. The maximum atomic E-state index is 15.2. The van der Waals surface area contributed by atoms with Crippen LogP contribution in [0.2, 0.25) is 5.02 Å². The number of hydrogen-bond donors (Lipinski definition) is 0. The van der Waals surface area contributed by atoms with Crippen LogP contribution in [-0.4, -0.2) is 7.11 Å². The van der Waals surface area contributed by atoms with Gasteiger partial charge in [0.1, 0.15) is 11.6 Å². The van der Waals surface area contributed by atoms with Gasteiger partial charge in [0.05, 0.1) is 12.1 Å². The van der Waals surface area contributed by atoms with Crippen molar-refractivity contribution in [1.29, 1.82) is 0 Å². The summed E-state index contributed by atoms with van der Waals surface area (Å²) in [5.74, 6) is 0.350. The zero-order chi connectivity index (χ0) is 22.6. The molecule has 0 aromatic heterocycles. The molecule has 0 bridgehead atoms. The van der Waals surface area contributed by atoms with Crippen LogP contribution in [0.15, 0.2) is 54.6 Å². The van der Waals surface area contributed by atoms with Crippen molar-refractivity contribution in [3.8, 4) is 28.0 Å². The smallest absolute Gasteiger partial charge is 0.130 e. The summed E-state index contributed by atoms with van der Waals surface area (Å²) in [4.78, 5) is 0. The van der Waals surface area contributed by atoms with E-state index in [1.807, 2.05) is 36.4 Å². The van der Waals surface area contributed by atoms with Crippen LogP contribution in [0.4, 0.5) is 4.39 Å². The van der Waals surface area contributed by atoms with E-state index in [-0.39, 0.29) is 11.2 Å². The Morgan fingerprint density at radius 3 is 2.32 bits per heavy atom. The minimum absolute atomic E-state index is 0.235. The molecule has 3 aromatic carbocycles. The van der Waals surface area contributed by atoms with E-state index >= 15 is 4.39 Å². The predicted molar refractivity (Wildman–Crippen MR) is 131 cm³/mol. The van der Waals surface area contributed by atoms with E-state index in [0.717, 1.165) is 47.1 Å². The van der Waals surface area contributed by atoms with Gasteiger partial charge in [-0.3, -0.25) is 0 Å². The van der Waals surface area contributed by atoms with Crippen LogP contribution in [0.3, 0.4) is 0 Å². The van der Waals surface area contributed by atoms with Crippen LogP contribution >= 0.6 is 11.6 Å². The van der Waals surface area contributed by atoms with Crippen LogP contribution in [0.25, 0.3) is 22.3 Å². The summed E-state index contributed by atoms with van der Waals surface area (Å²) in [6, 6.07) is 17.5. The van der Waals surface area contributed by atoms with E-state index in [0.29, 0.717) is 22.8 Å². The third-order valence-corrected chi connectivity index (χ3v) is 6.76. The van der Waals surface area contributed by atoms with Crippen LogP contribution < -0.4 is 4.74 Å². The average Bonchev–Trinajstić information content (AvgIpc) is 2.75. The fraction of sp³-hybridized carbons (Fsp3) is 0.357. The van der Waals surface area contributed by atoms with Gasteiger partial charge in [-0.05, 0) is 60.4 Å². The Kier molecular flexibility index (Phi) is 7.43. The molecule has 0 aliphatic rings. The van der Waals surface area contributed by atoms with E-state index in [1.165, 1.54) is 0 Å². The molecule has 3 heteroatoms. The number of halogens is 2. The van der Waals surface area contributed by atoms with Crippen LogP contribution in [0.1, 0.15) is 51.2 Å². The van der Waals surface area contributed by atoms with Crippen molar-refractivity contribution in [3.05, 3.63) is 76.6 Å². The van der Waals surface area contributed by atoms with Gasteiger partial charge in [0.15, 0.2) is 0 Å². The van der Waals surface area contributed by atoms with Crippen molar-refractivity contribution in [2.45, 2.75) is 53.4 Å². The molecule has 0 aliphatic heterocycles. The van der Waals surface area contributed by atoms with E-state index in [9.17, 15) is 0 Å². The maximum absolute atomic E-state index is 15.2. The molecule has 0 fully saturated rings. The van der Waals surface area contributed by atoms with Crippen LogP contribution in [0, 0.1) is 18.2 Å². The molecule has 0 unspecified atom stereocenters. The molecule has 3 aromatic rings. The molecular weight excluding hydrogens is 407 g/mol. The molecule has 0 aliphatic carbocycles. The van der Waals surface area contributed by atoms with Crippen molar-refractivity contribution in [2.75, 3.05) is 7.11 Å². The van der Waals surface area contributed by atoms with Crippen molar-refractivity contribution < 1.29 is 9.13 Å². The van der Waals surface area contributed by atoms with Crippen LogP contribution in [-0.2, 0) is 6.42 Å². The highest BCUT2D eigenvalue weighted by atomic mass is 35.5. The second-order valence-corrected chi connectivity index (χ2v) is 9.37. The highest BCUT2D eigenvalue weighted by molar-refractivity contribution is 6.36. The fourth-order valence-corrected chi connectivity index (χ4v) is 4.29. The zero-order valence-electron chi connectivity index (χ0n) is 19.2. The number of aryl methyl sites for hydroxylation is 1. The van der Waals surface area contributed by atoms with Gasteiger partial charge >= 0.3 is 0 Å². The Hall–Kier alpha value is -2.32. The summed E-state index contributed by atoms with van der Waals surface area (Å²) in [5.41, 5.74) is 5.62. The molecular formula is C28H32ClFO. The third-order valence-electron chi connectivity index (χ3n) is 6.36. The van der Waals surface area contributed by atoms with Gasteiger partial charge < -0.3 is 4.74 Å². The quantitative estimate of drug-likeness (QED) is 0.341. The first kappa shape index (κ1) is 23.3. The van der Waals surface area contributed by atoms with E-state index in [1.54, 1.807) is 13.2 Å². The highest BCUT2D eigenvalue weighted by Crippen LogP contribution is 2.40. The SMILES string of the molecule is CCC(C)(C)CCCc1c(F)cc(-c2cccc(-c3ccccc3C)c2Cl)cc1OC. The first-order valence-corrected chi connectivity index (χ1v) is 11.4. The molecule has 0 saturated heterocycles. The molecule has 1 nitrogen and oxygen atoms in total. The van der Waals surface area contributed by atoms with Crippen molar-refractivity contribution in [2.24, 2.45) is 5.41 Å². The maximum Gasteiger partial charge on any atom is 0.130 e. The van der Waals surface area contributed by atoms with Gasteiger partial charge in [-0.2, -0.15) is 0 Å². The zero-order valence-corrected chi connectivity index (χ0v) is 19.9. The summed E-state index contributed by atoms with van der Waals surface area (Å²) in [7, 11) is 1.60. The predicted octanol–water partition coefficient (Wildman–Crippen LogP) is 8.89. The Morgan fingerprint density at radius 2 is 1.65 bits per heavy atom. The first-order chi connectivity index (χ1) is 14.8. The second-order valence-electron chi connectivity index (χ2n) is 8.99. The second kappa shape index (κ2) is 9.87. The van der Waals surface area contributed by atoms with Gasteiger partial charge in [-0.25, -0.2) is 4.39 Å². The molecule has 0 amide bonds. The molecule has 0 radical (unpaired) electrons. The van der Waals surface area contributed by atoms with Crippen molar-refractivity contribution in [1.82, 2.24) is 0 Å². The Morgan fingerprint density at radius 1 is 0.968 bits per heavy atom. The van der Waals surface area contributed by atoms with Gasteiger partial charge in [0, 0.05) is 16.7 Å². The number of benzene rings is 3. The normalized spacial score (nSPS) is 11.6. The summed E-state index contributed by atoms with van der Waals surface area (Å²) in [5, 5.41) is 0.621. The van der Waals surface area contributed by atoms with Gasteiger partial charge in [0.2, 0.25) is 0 Å². The molecule has 0 atom stereocenters. The van der Waals surface area contributed by atoms with Gasteiger partial charge in [-0.1, -0.05) is 81.3 Å². The van der Waals surface area contributed by atoms with Gasteiger partial charge in [0.25, 0.3) is 0 Å². The van der Waals surface area contributed by atoms with E-state index in [4.69, 9.17) is 16.3 Å². The molecule has 164 valence electrons. The van der Waals surface area contributed by atoms with E-state index < -0.39 is 0 Å². The van der Waals surface area contributed by atoms with Crippen molar-refractivity contribution >= 4 is 11.6 Å². The minimum Gasteiger partial charge on any atom is -0.496 e. The summed E-state index contributed by atoms with van der Waals surface area (Å²) in [6.45, 7) is 8.78. The average molecular weight is 439 g/mol. The molecule has 0 N–H and O–H groups in total. The number of hydrogen-bond acceptors (Lipinski definition) is 1. The Balaban J connectivity index is 1.97. The molecule has 31 heavy (non-hydrogen) atoms. The fourth-order valence-electron chi connectivity index (χ4n) is 3.95. The largest absolute Gasteiger partial charge is 0.496 e. The van der Waals surface area contributed by atoms with Crippen LogP contribution in [0.5, 0.6) is 5.75 Å². The lowest BCUT2D eigenvalue weighted by Crippen LogP contribution is -2.10. The summed E-state index contributed by atoms with van der Waals surface area (Å²) < 4.78 is 20.8. The molecule has 0 heterocycles. The summed E-state index contributed by atoms with van der Waals surface area (Å²) >= 11 is 6.82. The van der Waals surface area contributed by atoms with Crippen molar-refractivity contribution in [3.63, 3.8) is 0 Å². The number of ether oxygens (including phenoxy) is 1. The minimum atomic E-state index is -0.235. The third kappa shape index (κ3) is 5.30. The van der Waals surface area contributed by atoms with E-state index in [2.05, 4.69) is 39.8 Å². The standard InChI is InChI=1S/C28H32ClFO/c1-6-28(3,4)16-10-15-24-25(30)17-20(18-26(24)31-5)22-13-9-14-23(27(22)29)21-12-8-7-11-19(21)2/h7-9,11-14,17-18H,6,10,15-16H2,1-5H3. The monoisotopic (exact) mass is 438 g/mol. The lowest BCUT2D eigenvalue weighted by atomic mass is 9.84. The Bertz CT molecular complexity index is 1050. The lowest BCUT2D eigenvalue weighted by Gasteiger charge is -2.22. The molecule has 3 rings (SSSR count). The molecule has 0 saturated carbocycles. The first-order valence-electron chi connectivity index (χ1n) is 11.0. The number of rotatable bonds is 8. The summed E-state index contributed by atoms with van der Waals surface area (Å²) in [6.07, 6.45) is 3.76. The van der Waals surface area contributed by atoms with Gasteiger partial charge in [-0.15, -0.1) is 0 Å². The topological polar surface area (TPSA) is 9.23 Å².